The van der Waals surface area contributed by atoms with Gasteiger partial charge >= 0.3 is 6.03 Å². The van der Waals surface area contributed by atoms with Gasteiger partial charge in [0.25, 0.3) is 0 Å². The van der Waals surface area contributed by atoms with E-state index in [2.05, 4.69) is 11.5 Å². The van der Waals surface area contributed by atoms with Gasteiger partial charge in [-0.25, -0.2) is 4.79 Å². The number of rotatable bonds is 0. The van der Waals surface area contributed by atoms with E-state index in [0.29, 0.717) is 0 Å². The molecule has 0 aliphatic heterocycles. The van der Waals surface area contributed by atoms with Gasteiger partial charge in [0.05, 0.1) is 0 Å². The predicted molar refractivity (Wildman–Crippen MR) is 24.5 cm³/mol. The molecule has 0 unspecified atom stereocenters. The van der Waals surface area contributed by atoms with Gasteiger partial charge < -0.3 is 17.6 Å². The van der Waals surface area contributed by atoms with Crippen LogP contribution in [-0.4, -0.2) is 35.6 Å². The average Bonchev–Trinajstić information content (AvgIpc) is 0.811. The minimum Gasteiger partial charge on any atom is -0.352 e. The van der Waals surface area contributed by atoms with Gasteiger partial charge in [-0.05, 0) is 0 Å². The fourth-order valence-corrected chi connectivity index (χ4v) is 0. The zero-order valence-corrected chi connectivity index (χ0v) is 5.77. The maximum atomic E-state index is 9.00. The summed E-state index contributed by atoms with van der Waals surface area (Å²) >= 11 is 0. The molecule has 0 saturated heterocycles. The second-order valence-corrected chi connectivity index (χ2v) is 0.402. The average molecular weight is 100 g/mol. The van der Waals surface area contributed by atoms with Crippen molar-refractivity contribution in [3.8, 4) is 0 Å². The zero-order chi connectivity index (χ0) is 3.58. The van der Waals surface area contributed by atoms with Crippen LogP contribution in [0.1, 0.15) is 0 Å². The van der Waals surface area contributed by atoms with Crippen molar-refractivity contribution in [2.24, 2.45) is 11.5 Å². The van der Waals surface area contributed by atoms with E-state index in [0.717, 1.165) is 0 Å². The third kappa shape index (κ3) is 834. The van der Waals surface area contributed by atoms with E-state index in [-0.39, 0.29) is 35.7 Å². The monoisotopic (exact) mass is 100 g/mol. The van der Waals surface area contributed by atoms with Crippen molar-refractivity contribution in [2.45, 2.75) is 0 Å². The Bertz CT molecular complexity index is 33.8. The Morgan fingerprint density at radius 2 is 1.33 bits per heavy atom. The minimum atomic E-state index is -0.833. The molecule has 5 heteroatoms. The molecule has 2 amide bonds. The number of hydrogen-bond acceptors (Lipinski definition) is 2. The first-order valence-corrected chi connectivity index (χ1v) is 0.781. The van der Waals surface area contributed by atoms with E-state index in [4.69, 9.17) is 4.79 Å². The summed E-state index contributed by atoms with van der Waals surface area (Å²) in [6, 6.07) is -0.833. The Hall–Kier alpha value is 0.230. The first kappa shape index (κ1) is 16.3. The van der Waals surface area contributed by atoms with Crippen molar-refractivity contribution < 1.29 is 4.79 Å². The molecule has 0 aromatic carbocycles. The second kappa shape index (κ2) is 8.97. The van der Waals surface area contributed by atoms with E-state index in [1.165, 1.54) is 0 Å². The van der Waals surface area contributed by atoms with Gasteiger partial charge in [-0.2, -0.15) is 0 Å². The molecule has 0 aliphatic carbocycles. The molecule has 0 atom stereocenters. The molecule has 0 aromatic heterocycles. The van der Waals surface area contributed by atoms with Crippen LogP contribution in [0.25, 0.3) is 0 Å². The van der Waals surface area contributed by atoms with Crippen molar-refractivity contribution in [3.63, 3.8) is 0 Å². The Labute approximate surface area is 58.1 Å². The molecule has 4 nitrogen and oxygen atoms in total. The standard InChI is InChI=1S/CH4N2O.H3N.Na/c2-1(3)4;;/h(H4,2,3,4);1H3;. The third-order valence-corrected chi connectivity index (χ3v) is 0. The number of carbonyl (C=O) groups is 1. The number of primary amides is 2. The summed E-state index contributed by atoms with van der Waals surface area (Å²) in [6.07, 6.45) is 0. The summed E-state index contributed by atoms with van der Waals surface area (Å²) in [5.41, 5.74) is 8.50. The summed E-state index contributed by atoms with van der Waals surface area (Å²) in [5.74, 6) is 0. The number of nitrogens with two attached hydrogens (primary N) is 2. The van der Waals surface area contributed by atoms with Crippen LogP contribution in [0, 0.1) is 0 Å². The largest absolute Gasteiger partial charge is 0.352 e. The molecule has 0 heterocycles. The maximum Gasteiger partial charge on any atom is 0.309 e. The second-order valence-electron chi connectivity index (χ2n) is 0.402. The topological polar surface area (TPSA) is 104 Å². The molecule has 1 radical (unpaired) electrons. The van der Waals surface area contributed by atoms with Crippen LogP contribution in [-0.2, 0) is 0 Å². The van der Waals surface area contributed by atoms with Gasteiger partial charge in [0.15, 0.2) is 0 Å². The molecule has 0 fully saturated rings. The van der Waals surface area contributed by atoms with E-state index < -0.39 is 6.03 Å². The fourth-order valence-electron chi connectivity index (χ4n) is 0. The number of amides is 2. The van der Waals surface area contributed by atoms with E-state index in [1.54, 1.807) is 0 Å². The molecule has 0 spiro atoms. The van der Waals surface area contributed by atoms with E-state index in [1.807, 2.05) is 0 Å². The summed E-state index contributed by atoms with van der Waals surface area (Å²) in [4.78, 5) is 9.00. The third-order valence-electron chi connectivity index (χ3n) is 0. The van der Waals surface area contributed by atoms with E-state index in [9.17, 15) is 0 Å². The van der Waals surface area contributed by atoms with Gasteiger partial charge in [0, 0.05) is 29.6 Å². The zero-order valence-electron chi connectivity index (χ0n) is 3.77. The Balaban J connectivity index is -0.0000000450. The number of urea groups is 1. The summed E-state index contributed by atoms with van der Waals surface area (Å²) in [6.45, 7) is 0. The van der Waals surface area contributed by atoms with Crippen LogP contribution in [0.15, 0.2) is 0 Å². The van der Waals surface area contributed by atoms with Crippen molar-refractivity contribution in [2.75, 3.05) is 0 Å². The fraction of sp³-hybridized carbons (Fsp3) is 0. The first-order valence-electron chi connectivity index (χ1n) is 0.781. The Morgan fingerprint density at radius 3 is 1.33 bits per heavy atom. The van der Waals surface area contributed by atoms with Crippen LogP contribution in [0.4, 0.5) is 4.79 Å². The summed E-state index contributed by atoms with van der Waals surface area (Å²) in [5, 5.41) is 0. The van der Waals surface area contributed by atoms with Gasteiger partial charge in [-0.15, -0.1) is 0 Å². The predicted octanol–water partition coefficient (Wildman–Crippen LogP) is -1.20. The molecule has 0 rings (SSSR count). The van der Waals surface area contributed by atoms with Crippen LogP contribution < -0.4 is 17.6 Å². The van der Waals surface area contributed by atoms with E-state index >= 15 is 0 Å². The molecular formula is CH7N3NaO. The maximum absolute atomic E-state index is 9.00. The molecule has 33 valence electrons. The number of carbonyl (C=O) groups excluding carboxylic acids is 1. The van der Waals surface area contributed by atoms with Crippen LogP contribution in [0.3, 0.4) is 0 Å². The van der Waals surface area contributed by atoms with Crippen molar-refractivity contribution in [1.29, 1.82) is 0 Å². The normalized spacial score (nSPS) is 4.00. The van der Waals surface area contributed by atoms with Crippen molar-refractivity contribution >= 4 is 35.6 Å². The Morgan fingerprint density at radius 1 is 1.33 bits per heavy atom. The first-order chi connectivity index (χ1) is 1.73. The molecule has 0 saturated carbocycles. The quantitative estimate of drug-likeness (QED) is 0.333. The van der Waals surface area contributed by atoms with Gasteiger partial charge in [0.1, 0.15) is 0 Å². The van der Waals surface area contributed by atoms with Crippen LogP contribution >= 0.6 is 0 Å². The summed E-state index contributed by atoms with van der Waals surface area (Å²) < 4.78 is 0. The SMILES string of the molecule is N.NC(N)=O.[Na]. The molecule has 7 N–H and O–H groups in total. The molecular weight excluding hydrogens is 93.0 g/mol. The van der Waals surface area contributed by atoms with Gasteiger partial charge in [-0.1, -0.05) is 0 Å². The van der Waals surface area contributed by atoms with Gasteiger partial charge in [-0.3, -0.25) is 0 Å². The smallest absolute Gasteiger partial charge is 0.309 e. The summed E-state index contributed by atoms with van der Waals surface area (Å²) in [7, 11) is 0. The molecule has 0 aliphatic rings. The molecule has 0 bridgehead atoms. The van der Waals surface area contributed by atoms with Crippen LogP contribution in [0.2, 0.25) is 0 Å². The van der Waals surface area contributed by atoms with Crippen molar-refractivity contribution in [1.82, 2.24) is 6.15 Å². The minimum absolute atomic E-state index is 0. The number of hydrogen-bond donors (Lipinski definition) is 3. The van der Waals surface area contributed by atoms with Gasteiger partial charge in [0.2, 0.25) is 0 Å². The molecule has 6 heavy (non-hydrogen) atoms. The van der Waals surface area contributed by atoms with Crippen molar-refractivity contribution in [3.05, 3.63) is 0 Å². The molecule has 0 aromatic rings. The van der Waals surface area contributed by atoms with Crippen LogP contribution in [0.5, 0.6) is 0 Å². The Kier molecular flexibility index (Phi) is 24.4.